The molecule has 0 aliphatic carbocycles. The van der Waals surface area contributed by atoms with Crippen LogP contribution in [0.4, 0.5) is 16.0 Å². The van der Waals surface area contributed by atoms with Crippen molar-refractivity contribution in [2.45, 2.75) is 23.1 Å². The number of ether oxygens (including phenoxy) is 1. The van der Waals surface area contributed by atoms with Crippen LogP contribution in [0.15, 0.2) is 199 Å². The Balaban J connectivity index is 0.939. The van der Waals surface area contributed by atoms with Crippen LogP contribution in [-0.4, -0.2) is 67.6 Å². The minimum absolute atomic E-state index is 0.0856. The monoisotopic (exact) mass is 966 g/mol. The summed E-state index contributed by atoms with van der Waals surface area (Å²) in [5, 5.41) is 16.2. The van der Waals surface area contributed by atoms with E-state index in [1.165, 1.54) is 46.4 Å². The number of hydrogen-bond donors (Lipinski definition) is 3. The fraction of sp³-hybridized carbons (Fsp3) is 0.113. The van der Waals surface area contributed by atoms with Gasteiger partial charge in [0, 0.05) is 29.1 Å². The number of pyridine rings is 1. The molecule has 16 heteroatoms. The standard InChI is InChI=1S/C53H42N8O5S3/c1-65-60-43(41-33-68-52(57-41)59-53(36-22-11-4-12-23-36,37-24-13-5-14-25-37)38-26-15-6-16-27-38)47(62)58-44-48(63)61-45(50(64)66-46(34-18-7-2-8-19-34)35-20-9-3-10-21-35)40(32-67-49(44)61)42-31-55-51(69-42)56-39-28-17-29-54-30-39/h2-31,33,44,46,49H,32H2,1H3,(H,55,56)(H,57,59)(H,58,62). The van der Waals surface area contributed by atoms with E-state index < -0.39 is 40.8 Å². The lowest BCUT2D eigenvalue weighted by Crippen LogP contribution is -2.71. The van der Waals surface area contributed by atoms with Crippen LogP contribution in [0.5, 0.6) is 0 Å². The third-order valence-electron chi connectivity index (χ3n) is 11.7. The summed E-state index contributed by atoms with van der Waals surface area (Å²) in [4.78, 5) is 64.6. The number of oxime groups is 1. The van der Waals surface area contributed by atoms with Crippen LogP contribution in [0, 0.1) is 0 Å². The van der Waals surface area contributed by atoms with Crippen LogP contribution in [0.25, 0.3) is 5.57 Å². The smallest absolute Gasteiger partial charge is 0.356 e. The number of β-lactam (4-membered cyclic amide) rings is 1. The van der Waals surface area contributed by atoms with Crippen LogP contribution in [0.2, 0.25) is 0 Å². The maximum absolute atomic E-state index is 14.8. The van der Waals surface area contributed by atoms with Crippen molar-refractivity contribution in [2.75, 3.05) is 23.5 Å². The molecule has 0 radical (unpaired) electrons. The molecule has 69 heavy (non-hydrogen) atoms. The summed E-state index contributed by atoms with van der Waals surface area (Å²) in [6.45, 7) is 0. The summed E-state index contributed by atoms with van der Waals surface area (Å²) in [6.07, 6.45) is 4.27. The van der Waals surface area contributed by atoms with Crippen molar-refractivity contribution in [3.63, 3.8) is 0 Å². The van der Waals surface area contributed by atoms with Crippen LogP contribution in [0.3, 0.4) is 0 Å². The summed E-state index contributed by atoms with van der Waals surface area (Å²) in [6, 6.07) is 51.9. The molecule has 0 spiro atoms. The Hall–Kier alpha value is -7.92. The molecule has 13 nitrogen and oxygen atoms in total. The van der Waals surface area contributed by atoms with E-state index in [-0.39, 0.29) is 17.1 Å². The number of amides is 2. The van der Waals surface area contributed by atoms with Gasteiger partial charge in [-0.15, -0.1) is 23.1 Å². The zero-order valence-corrected chi connectivity index (χ0v) is 39.3. The molecule has 0 bridgehead atoms. The molecule has 3 N–H and O–H groups in total. The second-order valence-corrected chi connectivity index (χ2v) is 18.8. The topological polar surface area (TPSA) is 160 Å². The molecule has 2 aliphatic heterocycles. The fourth-order valence-corrected chi connectivity index (χ4v) is 11.5. The molecule has 10 rings (SSSR count). The maximum Gasteiger partial charge on any atom is 0.356 e. The predicted octanol–water partition coefficient (Wildman–Crippen LogP) is 9.64. The number of nitrogens with zero attached hydrogens (tertiary/aromatic N) is 5. The van der Waals surface area contributed by atoms with E-state index in [2.05, 4.69) is 67.5 Å². The molecule has 8 aromatic rings. The van der Waals surface area contributed by atoms with Gasteiger partial charge >= 0.3 is 5.97 Å². The average Bonchev–Trinajstić information content (AvgIpc) is 4.08. The number of carbonyl (C=O) groups is 3. The lowest BCUT2D eigenvalue weighted by Gasteiger charge is -2.49. The van der Waals surface area contributed by atoms with Gasteiger partial charge in [-0.3, -0.25) is 19.5 Å². The summed E-state index contributed by atoms with van der Waals surface area (Å²) in [5.41, 5.74) is 5.12. The molecule has 3 aromatic heterocycles. The Morgan fingerprint density at radius 3 is 1.93 bits per heavy atom. The molecule has 5 heterocycles. The number of aromatic nitrogens is 3. The number of anilines is 3. The molecule has 2 unspecified atom stereocenters. The Bertz CT molecular complexity index is 3000. The zero-order valence-electron chi connectivity index (χ0n) is 36.8. The first-order valence-electron chi connectivity index (χ1n) is 21.9. The van der Waals surface area contributed by atoms with E-state index in [0.717, 1.165) is 33.5 Å². The van der Waals surface area contributed by atoms with Crippen molar-refractivity contribution in [1.82, 2.24) is 25.2 Å². The van der Waals surface area contributed by atoms with Crippen molar-refractivity contribution < 1.29 is 24.0 Å². The van der Waals surface area contributed by atoms with E-state index in [4.69, 9.17) is 14.6 Å². The Morgan fingerprint density at radius 2 is 1.36 bits per heavy atom. The molecule has 5 aromatic carbocycles. The minimum atomic E-state index is -1.02. The number of carbonyl (C=O) groups excluding carboxylic acids is 3. The highest BCUT2D eigenvalue weighted by atomic mass is 32.2. The van der Waals surface area contributed by atoms with Crippen LogP contribution < -0.4 is 16.0 Å². The number of benzene rings is 5. The Morgan fingerprint density at radius 1 is 0.768 bits per heavy atom. The van der Waals surface area contributed by atoms with Crippen molar-refractivity contribution in [1.29, 1.82) is 0 Å². The van der Waals surface area contributed by atoms with Gasteiger partial charge in [0.25, 0.3) is 11.8 Å². The normalized spacial score (nSPS) is 15.8. The minimum Gasteiger partial charge on any atom is -0.448 e. The number of hydrogen-bond acceptors (Lipinski definition) is 14. The molecule has 2 aliphatic rings. The van der Waals surface area contributed by atoms with Gasteiger partial charge in [-0.25, -0.2) is 14.8 Å². The lowest BCUT2D eigenvalue weighted by molar-refractivity contribution is -0.154. The first-order valence-corrected chi connectivity index (χ1v) is 24.6. The highest BCUT2D eigenvalue weighted by molar-refractivity contribution is 8.00. The van der Waals surface area contributed by atoms with Crippen LogP contribution in [-0.2, 0) is 29.5 Å². The van der Waals surface area contributed by atoms with Gasteiger partial charge in [0.2, 0.25) is 0 Å². The van der Waals surface area contributed by atoms with Gasteiger partial charge in [0.15, 0.2) is 22.1 Å². The van der Waals surface area contributed by atoms with E-state index in [0.29, 0.717) is 26.5 Å². The van der Waals surface area contributed by atoms with E-state index in [1.54, 1.807) is 24.0 Å². The van der Waals surface area contributed by atoms with Crippen molar-refractivity contribution in [3.8, 4) is 0 Å². The molecule has 342 valence electrons. The van der Waals surface area contributed by atoms with Gasteiger partial charge in [-0.05, 0) is 39.9 Å². The lowest BCUT2D eigenvalue weighted by atomic mass is 9.77. The van der Waals surface area contributed by atoms with Gasteiger partial charge in [0.05, 0.1) is 16.8 Å². The van der Waals surface area contributed by atoms with E-state index in [1.807, 2.05) is 127 Å². The highest BCUT2D eigenvalue weighted by Crippen LogP contribution is 2.46. The third kappa shape index (κ3) is 9.12. The van der Waals surface area contributed by atoms with Crippen LogP contribution in [0.1, 0.15) is 44.5 Å². The molecule has 0 saturated carbocycles. The number of nitrogens with one attached hydrogen (secondary N) is 3. The third-order valence-corrected chi connectivity index (χ3v) is 14.7. The van der Waals surface area contributed by atoms with Gasteiger partial charge in [-0.1, -0.05) is 168 Å². The largest absolute Gasteiger partial charge is 0.448 e. The Kier molecular flexibility index (Phi) is 13.1. The number of rotatable bonds is 16. The number of thioether (sulfide) groups is 1. The molecular formula is C53H42N8O5S3. The highest BCUT2D eigenvalue weighted by Gasteiger charge is 2.55. The predicted molar refractivity (Wildman–Crippen MR) is 271 cm³/mol. The molecule has 1 fully saturated rings. The average molecular weight is 967 g/mol. The molecule has 2 atom stereocenters. The fourth-order valence-electron chi connectivity index (χ4n) is 8.46. The quantitative estimate of drug-likeness (QED) is 0.0278. The second kappa shape index (κ2) is 20.1. The van der Waals surface area contributed by atoms with E-state index >= 15 is 0 Å². The number of esters is 1. The van der Waals surface area contributed by atoms with Gasteiger partial charge < -0.3 is 25.5 Å². The summed E-state index contributed by atoms with van der Waals surface area (Å²) in [7, 11) is 1.34. The van der Waals surface area contributed by atoms with Crippen molar-refractivity contribution >= 4 is 79.5 Å². The first-order chi connectivity index (χ1) is 33.9. The maximum atomic E-state index is 14.8. The molecule has 1 saturated heterocycles. The first kappa shape index (κ1) is 44.9. The van der Waals surface area contributed by atoms with Gasteiger partial charge in [0.1, 0.15) is 35.5 Å². The molecule has 2 amide bonds. The zero-order chi connectivity index (χ0) is 47.2. The number of fused-ring (bicyclic) bond motifs is 1. The number of thiazole rings is 2. The molecular weight excluding hydrogens is 925 g/mol. The SMILES string of the molecule is CON=C(C(=O)NC1C(=O)N2C(C(=O)OC(c3ccccc3)c3ccccc3)=C(c3cnc(Nc4cccnc4)s3)CSC12)c1csc(NC(c2ccccc2)(c2ccccc2)c2ccccc2)n1. The van der Waals surface area contributed by atoms with Crippen molar-refractivity contribution in [3.05, 3.63) is 232 Å². The summed E-state index contributed by atoms with van der Waals surface area (Å²) in [5.74, 6) is -1.54. The summed E-state index contributed by atoms with van der Waals surface area (Å²) >= 11 is 4.06. The summed E-state index contributed by atoms with van der Waals surface area (Å²) < 4.78 is 6.41. The second-order valence-electron chi connectivity index (χ2n) is 15.8. The van der Waals surface area contributed by atoms with Gasteiger partial charge in [-0.2, -0.15) is 0 Å². The van der Waals surface area contributed by atoms with Crippen LogP contribution >= 0.6 is 34.4 Å². The van der Waals surface area contributed by atoms with E-state index in [9.17, 15) is 14.4 Å². The Labute approximate surface area is 410 Å². The van der Waals surface area contributed by atoms with Crippen molar-refractivity contribution in [2.24, 2.45) is 5.16 Å².